The molecule has 1 N–H and O–H groups in total. The molecule has 1 aromatic rings. The number of halogens is 3. The van der Waals surface area contributed by atoms with Crippen LogP contribution in [0, 0.1) is 0 Å². The van der Waals surface area contributed by atoms with Crippen molar-refractivity contribution in [2.24, 2.45) is 0 Å². The van der Waals surface area contributed by atoms with Crippen LogP contribution in [0.4, 0.5) is 13.2 Å². The third-order valence-corrected chi connectivity index (χ3v) is 3.17. The Bertz CT molecular complexity index is 520. The first-order valence-electron chi connectivity index (χ1n) is 6.70. The zero-order chi connectivity index (χ0) is 15.3. The van der Waals surface area contributed by atoms with Gasteiger partial charge in [0.05, 0.1) is 11.7 Å². The molecule has 1 unspecified atom stereocenters. The lowest BCUT2D eigenvalue weighted by Gasteiger charge is -2.09. The van der Waals surface area contributed by atoms with Gasteiger partial charge in [0.2, 0.25) is 5.91 Å². The molecule has 0 aromatic heterocycles. The molecular formula is C15H16F3NO2. The van der Waals surface area contributed by atoms with E-state index < -0.39 is 11.7 Å². The van der Waals surface area contributed by atoms with Crippen LogP contribution in [0.1, 0.15) is 24.0 Å². The van der Waals surface area contributed by atoms with E-state index in [1.807, 2.05) is 0 Å². The van der Waals surface area contributed by atoms with E-state index in [0.717, 1.165) is 25.0 Å². The molecule has 114 valence electrons. The van der Waals surface area contributed by atoms with E-state index in [9.17, 15) is 18.0 Å². The highest BCUT2D eigenvalue weighted by molar-refractivity contribution is 5.91. The molecule has 0 bridgehead atoms. The van der Waals surface area contributed by atoms with Crippen LogP contribution in [0.3, 0.4) is 0 Å². The summed E-state index contributed by atoms with van der Waals surface area (Å²) >= 11 is 0. The minimum atomic E-state index is -4.38. The quantitative estimate of drug-likeness (QED) is 0.868. The normalized spacial score (nSPS) is 19.1. The number of hydrogen-bond donors (Lipinski definition) is 1. The van der Waals surface area contributed by atoms with E-state index in [1.54, 1.807) is 0 Å². The molecule has 1 aromatic carbocycles. The maximum atomic E-state index is 12.5. The molecule has 6 heteroatoms. The Morgan fingerprint density at radius 2 is 2.24 bits per heavy atom. The Kier molecular flexibility index (Phi) is 5.01. The Balaban J connectivity index is 1.89. The van der Waals surface area contributed by atoms with Crippen molar-refractivity contribution in [2.45, 2.75) is 25.1 Å². The van der Waals surface area contributed by atoms with Crippen molar-refractivity contribution in [1.29, 1.82) is 0 Å². The van der Waals surface area contributed by atoms with Gasteiger partial charge >= 0.3 is 6.18 Å². The summed E-state index contributed by atoms with van der Waals surface area (Å²) in [4.78, 5) is 11.6. The molecule has 0 aliphatic carbocycles. The Morgan fingerprint density at radius 1 is 1.43 bits per heavy atom. The minimum Gasteiger partial charge on any atom is -0.376 e. The van der Waals surface area contributed by atoms with Crippen LogP contribution in [0.5, 0.6) is 0 Å². The number of benzene rings is 1. The number of rotatable bonds is 4. The van der Waals surface area contributed by atoms with Gasteiger partial charge in [0, 0.05) is 19.2 Å². The van der Waals surface area contributed by atoms with Crippen LogP contribution in [0.2, 0.25) is 0 Å². The number of hydrogen-bond acceptors (Lipinski definition) is 2. The fourth-order valence-corrected chi connectivity index (χ4v) is 2.07. The maximum absolute atomic E-state index is 12.5. The van der Waals surface area contributed by atoms with Gasteiger partial charge in [-0.25, -0.2) is 0 Å². The standard InChI is InChI=1S/C15H16F3NO2/c16-15(17,18)12-4-1-3-11(9-12)6-7-14(20)19-10-13-5-2-8-21-13/h1,3-4,6-7,9,13H,2,5,8,10H2,(H,19,20)/b7-6+. The molecular weight excluding hydrogens is 283 g/mol. The van der Waals surface area contributed by atoms with Crippen LogP contribution in [0.15, 0.2) is 30.3 Å². The first-order chi connectivity index (χ1) is 9.95. The van der Waals surface area contributed by atoms with Crippen molar-refractivity contribution >= 4 is 12.0 Å². The second-order valence-corrected chi connectivity index (χ2v) is 4.84. The number of nitrogens with one attached hydrogen (secondary N) is 1. The van der Waals surface area contributed by atoms with Gasteiger partial charge in [-0.05, 0) is 36.6 Å². The molecule has 1 heterocycles. The first kappa shape index (κ1) is 15.6. The summed E-state index contributed by atoms with van der Waals surface area (Å²) in [5.41, 5.74) is -0.401. The predicted molar refractivity (Wildman–Crippen MR) is 72.5 cm³/mol. The average Bonchev–Trinajstić information content (AvgIpc) is 2.95. The van der Waals surface area contributed by atoms with Crippen LogP contribution in [-0.4, -0.2) is 25.2 Å². The summed E-state index contributed by atoms with van der Waals surface area (Å²) in [7, 11) is 0. The number of carbonyl (C=O) groups is 1. The molecule has 3 nitrogen and oxygen atoms in total. The molecule has 21 heavy (non-hydrogen) atoms. The highest BCUT2D eigenvalue weighted by Gasteiger charge is 2.30. The van der Waals surface area contributed by atoms with Crippen molar-refractivity contribution < 1.29 is 22.7 Å². The van der Waals surface area contributed by atoms with E-state index in [2.05, 4.69) is 5.32 Å². The smallest absolute Gasteiger partial charge is 0.376 e. The average molecular weight is 299 g/mol. The van der Waals surface area contributed by atoms with Crippen LogP contribution in [0.25, 0.3) is 6.08 Å². The van der Waals surface area contributed by atoms with Gasteiger partial charge in [-0.15, -0.1) is 0 Å². The summed E-state index contributed by atoms with van der Waals surface area (Å²) in [6.07, 6.45) is 0.144. The molecule has 0 spiro atoms. The Hall–Kier alpha value is -1.82. The molecule has 1 saturated heterocycles. The van der Waals surface area contributed by atoms with E-state index in [-0.39, 0.29) is 12.0 Å². The monoisotopic (exact) mass is 299 g/mol. The van der Waals surface area contributed by atoms with Crippen molar-refractivity contribution in [3.8, 4) is 0 Å². The third kappa shape index (κ3) is 4.90. The van der Waals surface area contributed by atoms with Gasteiger partial charge in [-0.3, -0.25) is 4.79 Å². The molecule has 1 amide bonds. The molecule has 0 saturated carbocycles. The van der Waals surface area contributed by atoms with Crippen molar-refractivity contribution in [1.82, 2.24) is 5.32 Å². The van der Waals surface area contributed by atoms with E-state index in [0.29, 0.717) is 18.7 Å². The fourth-order valence-electron chi connectivity index (χ4n) is 2.07. The maximum Gasteiger partial charge on any atom is 0.416 e. The zero-order valence-corrected chi connectivity index (χ0v) is 11.3. The van der Waals surface area contributed by atoms with Gasteiger partial charge < -0.3 is 10.1 Å². The molecule has 0 radical (unpaired) electrons. The summed E-state index contributed by atoms with van der Waals surface area (Å²) < 4.78 is 43.0. The summed E-state index contributed by atoms with van der Waals surface area (Å²) in [6, 6.07) is 4.82. The molecule has 1 aliphatic rings. The van der Waals surface area contributed by atoms with Gasteiger partial charge in [-0.1, -0.05) is 12.1 Å². The highest BCUT2D eigenvalue weighted by atomic mass is 19.4. The predicted octanol–water partition coefficient (Wildman–Crippen LogP) is 3.01. The minimum absolute atomic E-state index is 0.0379. The van der Waals surface area contributed by atoms with Crippen molar-refractivity contribution in [3.05, 3.63) is 41.5 Å². The number of carbonyl (C=O) groups excluding carboxylic acids is 1. The van der Waals surface area contributed by atoms with E-state index >= 15 is 0 Å². The second kappa shape index (κ2) is 6.76. The lowest BCUT2D eigenvalue weighted by atomic mass is 10.1. The van der Waals surface area contributed by atoms with E-state index in [1.165, 1.54) is 24.3 Å². The van der Waals surface area contributed by atoms with Gasteiger partial charge in [0.15, 0.2) is 0 Å². The highest BCUT2D eigenvalue weighted by Crippen LogP contribution is 2.29. The van der Waals surface area contributed by atoms with Gasteiger partial charge in [0.1, 0.15) is 0 Å². The molecule has 1 fully saturated rings. The number of ether oxygens (including phenoxy) is 1. The topological polar surface area (TPSA) is 38.3 Å². The Labute approximate surface area is 120 Å². The van der Waals surface area contributed by atoms with Crippen LogP contribution in [-0.2, 0) is 15.7 Å². The first-order valence-corrected chi connectivity index (χ1v) is 6.70. The number of alkyl halides is 3. The molecule has 1 atom stereocenters. The van der Waals surface area contributed by atoms with Gasteiger partial charge in [-0.2, -0.15) is 13.2 Å². The zero-order valence-electron chi connectivity index (χ0n) is 11.3. The summed E-state index contributed by atoms with van der Waals surface area (Å²) in [5.74, 6) is -0.345. The molecule has 2 rings (SSSR count). The lowest BCUT2D eigenvalue weighted by Crippen LogP contribution is -2.30. The van der Waals surface area contributed by atoms with Crippen molar-refractivity contribution in [3.63, 3.8) is 0 Å². The van der Waals surface area contributed by atoms with E-state index in [4.69, 9.17) is 4.74 Å². The molecule has 1 aliphatic heterocycles. The lowest BCUT2D eigenvalue weighted by molar-refractivity contribution is -0.137. The third-order valence-electron chi connectivity index (χ3n) is 3.17. The second-order valence-electron chi connectivity index (χ2n) is 4.84. The SMILES string of the molecule is O=C(/C=C/c1cccc(C(F)(F)F)c1)NCC1CCCO1. The largest absolute Gasteiger partial charge is 0.416 e. The Morgan fingerprint density at radius 3 is 2.90 bits per heavy atom. The number of amides is 1. The van der Waals surface area contributed by atoms with Crippen molar-refractivity contribution in [2.75, 3.05) is 13.2 Å². The van der Waals surface area contributed by atoms with Gasteiger partial charge in [0.25, 0.3) is 0 Å². The fraction of sp³-hybridized carbons (Fsp3) is 0.400. The van der Waals surface area contributed by atoms with Crippen LogP contribution < -0.4 is 5.32 Å². The summed E-state index contributed by atoms with van der Waals surface area (Å²) in [5, 5.41) is 2.67. The van der Waals surface area contributed by atoms with Crippen LogP contribution >= 0.6 is 0 Å². The summed E-state index contributed by atoms with van der Waals surface area (Å²) in [6.45, 7) is 1.13.